The van der Waals surface area contributed by atoms with Gasteiger partial charge < -0.3 is 5.01 Å². The molecule has 2 heteroatoms. The molecule has 0 fully saturated rings. The second-order valence-corrected chi connectivity index (χ2v) is 1.94. The first-order valence-corrected chi connectivity index (χ1v) is 3.10. The molecule has 1 rings (SSSR count). The van der Waals surface area contributed by atoms with Crippen LogP contribution >= 0.6 is 0 Å². The number of hydrazine groups is 1. The van der Waals surface area contributed by atoms with Crippen molar-refractivity contribution in [2.75, 3.05) is 13.1 Å². The summed E-state index contributed by atoms with van der Waals surface area (Å²) < 4.78 is 0. The Labute approximate surface area is 50.1 Å². The third-order valence-corrected chi connectivity index (χ3v) is 1.16. The first-order valence-electron chi connectivity index (χ1n) is 3.10. The lowest BCUT2D eigenvalue weighted by Crippen LogP contribution is -2.28. The van der Waals surface area contributed by atoms with Crippen LogP contribution in [0.1, 0.15) is 13.3 Å². The fourth-order valence-corrected chi connectivity index (χ4v) is 0.797. The van der Waals surface area contributed by atoms with Crippen molar-refractivity contribution in [2.24, 2.45) is 0 Å². The van der Waals surface area contributed by atoms with Gasteiger partial charge in [-0.2, -0.15) is 0 Å². The van der Waals surface area contributed by atoms with Gasteiger partial charge in [-0.25, -0.2) is 5.43 Å². The average Bonchev–Trinajstić information content (AvgIpc) is 2.19. The summed E-state index contributed by atoms with van der Waals surface area (Å²) in [5.74, 6) is 0. The molecule has 2 nitrogen and oxygen atoms in total. The van der Waals surface area contributed by atoms with Gasteiger partial charge in [0, 0.05) is 19.3 Å². The molecule has 8 heavy (non-hydrogen) atoms. The summed E-state index contributed by atoms with van der Waals surface area (Å²) in [4.78, 5) is 0. The fourth-order valence-electron chi connectivity index (χ4n) is 0.797. The Morgan fingerprint density at radius 1 is 1.75 bits per heavy atom. The van der Waals surface area contributed by atoms with E-state index < -0.39 is 0 Å². The average molecular weight is 112 g/mol. The van der Waals surface area contributed by atoms with E-state index in [0.29, 0.717) is 0 Å². The van der Waals surface area contributed by atoms with Gasteiger partial charge >= 0.3 is 0 Å². The van der Waals surface area contributed by atoms with Crippen LogP contribution < -0.4 is 5.43 Å². The first kappa shape index (κ1) is 5.63. The molecule has 0 bridgehead atoms. The highest BCUT2D eigenvalue weighted by atomic mass is 15.5. The minimum absolute atomic E-state index is 1.00. The third-order valence-electron chi connectivity index (χ3n) is 1.16. The molecule has 0 aromatic heterocycles. The predicted octanol–water partition coefficient (Wildman–Crippen LogP) is 0.730. The molecule has 0 spiro atoms. The molecule has 1 N–H and O–H groups in total. The molecule has 0 aromatic rings. The Morgan fingerprint density at radius 2 is 2.62 bits per heavy atom. The molecule has 0 amide bonds. The minimum Gasteiger partial charge on any atom is -0.316 e. The van der Waals surface area contributed by atoms with Crippen molar-refractivity contribution < 1.29 is 0 Å². The summed E-state index contributed by atoms with van der Waals surface area (Å²) in [5, 5.41) is 2.11. The van der Waals surface area contributed by atoms with Gasteiger partial charge in [0.2, 0.25) is 0 Å². The molecule has 1 heterocycles. The maximum atomic E-state index is 3.18. The normalized spacial score (nSPS) is 17.9. The van der Waals surface area contributed by atoms with E-state index in [4.69, 9.17) is 0 Å². The molecular formula is C6H12N2. The molecule has 1 aliphatic rings. The van der Waals surface area contributed by atoms with Crippen LogP contribution in [0.4, 0.5) is 0 Å². The molecule has 1 aliphatic heterocycles. The van der Waals surface area contributed by atoms with Gasteiger partial charge in [-0.15, -0.1) is 0 Å². The lowest BCUT2D eigenvalue weighted by Gasteiger charge is -2.13. The van der Waals surface area contributed by atoms with E-state index in [0.717, 1.165) is 13.1 Å². The van der Waals surface area contributed by atoms with Crippen molar-refractivity contribution in [1.82, 2.24) is 10.4 Å². The Morgan fingerprint density at radius 3 is 3.12 bits per heavy atom. The van der Waals surface area contributed by atoms with E-state index >= 15 is 0 Å². The number of hydrogen-bond acceptors (Lipinski definition) is 2. The fraction of sp³-hybridized carbons (Fsp3) is 0.667. The van der Waals surface area contributed by atoms with Crippen LogP contribution in [-0.4, -0.2) is 18.1 Å². The summed E-state index contributed by atoms with van der Waals surface area (Å²) in [6.45, 7) is 4.30. The Bertz CT molecular complexity index is 88.5. The lowest BCUT2D eigenvalue weighted by molar-refractivity contribution is 0.307. The molecule has 0 aliphatic carbocycles. The standard InChI is InChI=1S/C6H12N2/c1-2-5-8-6-3-4-7-8/h3,6-7H,2,4-5H2,1H3. The zero-order valence-electron chi connectivity index (χ0n) is 5.22. The monoisotopic (exact) mass is 112 g/mol. The second-order valence-electron chi connectivity index (χ2n) is 1.94. The molecule has 0 saturated carbocycles. The Kier molecular flexibility index (Phi) is 1.92. The van der Waals surface area contributed by atoms with Crippen molar-refractivity contribution >= 4 is 0 Å². The highest BCUT2D eigenvalue weighted by Crippen LogP contribution is 1.92. The van der Waals surface area contributed by atoms with Gasteiger partial charge in [0.05, 0.1) is 0 Å². The highest BCUT2D eigenvalue weighted by Gasteiger charge is 1.98. The molecule has 0 unspecified atom stereocenters. The largest absolute Gasteiger partial charge is 0.316 e. The van der Waals surface area contributed by atoms with Crippen LogP contribution in [0.3, 0.4) is 0 Å². The van der Waals surface area contributed by atoms with Crippen molar-refractivity contribution in [1.29, 1.82) is 0 Å². The van der Waals surface area contributed by atoms with E-state index in [2.05, 4.69) is 29.6 Å². The Hall–Kier alpha value is -0.500. The molecule has 0 radical (unpaired) electrons. The van der Waals surface area contributed by atoms with Gasteiger partial charge in [-0.1, -0.05) is 13.0 Å². The SMILES string of the molecule is CCCN1C=CCN1. The second kappa shape index (κ2) is 2.72. The predicted molar refractivity (Wildman–Crippen MR) is 34.1 cm³/mol. The van der Waals surface area contributed by atoms with Crippen molar-refractivity contribution in [3.8, 4) is 0 Å². The number of nitrogens with one attached hydrogen (secondary N) is 1. The smallest absolute Gasteiger partial charge is 0.0348 e. The van der Waals surface area contributed by atoms with E-state index in [1.165, 1.54) is 6.42 Å². The van der Waals surface area contributed by atoms with Crippen molar-refractivity contribution in [3.05, 3.63) is 12.3 Å². The summed E-state index contributed by atoms with van der Waals surface area (Å²) in [6, 6.07) is 0. The summed E-state index contributed by atoms with van der Waals surface area (Å²) in [5.41, 5.74) is 3.18. The molecular weight excluding hydrogens is 100 g/mol. The Balaban J connectivity index is 2.16. The lowest BCUT2D eigenvalue weighted by atomic mass is 10.5. The van der Waals surface area contributed by atoms with E-state index in [1.807, 2.05) is 0 Å². The summed E-state index contributed by atoms with van der Waals surface area (Å²) >= 11 is 0. The zero-order valence-corrected chi connectivity index (χ0v) is 5.22. The van der Waals surface area contributed by atoms with Gasteiger partial charge in [-0.3, -0.25) is 0 Å². The maximum Gasteiger partial charge on any atom is 0.0348 e. The van der Waals surface area contributed by atoms with Crippen LogP contribution in [0.15, 0.2) is 12.3 Å². The van der Waals surface area contributed by atoms with Crippen LogP contribution in [0.2, 0.25) is 0 Å². The molecule has 0 saturated heterocycles. The molecule has 0 atom stereocenters. The van der Waals surface area contributed by atoms with E-state index in [1.54, 1.807) is 0 Å². The van der Waals surface area contributed by atoms with Crippen molar-refractivity contribution in [2.45, 2.75) is 13.3 Å². The van der Waals surface area contributed by atoms with Crippen LogP contribution in [0.5, 0.6) is 0 Å². The van der Waals surface area contributed by atoms with Gasteiger partial charge in [-0.05, 0) is 6.42 Å². The van der Waals surface area contributed by atoms with Gasteiger partial charge in [0.1, 0.15) is 0 Å². The third kappa shape index (κ3) is 1.23. The highest BCUT2D eigenvalue weighted by molar-refractivity contribution is 4.88. The molecule has 46 valence electrons. The number of nitrogens with zero attached hydrogens (tertiary/aromatic N) is 1. The topological polar surface area (TPSA) is 15.3 Å². The van der Waals surface area contributed by atoms with Crippen LogP contribution in [0.25, 0.3) is 0 Å². The maximum absolute atomic E-state index is 3.18. The van der Waals surface area contributed by atoms with Gasteiger partial charge in [0.15, 0.2) is 0 Å². The van der Waals surface area contributed by atoms with Crippen molar-refractivity contribution in [3.63, 3.8) is 0 Å². The van der Waals surface area contributed by atoms with E-state index in [-0.39, 0.29) is 0 Å². The number of hydrogen-bond donors (Lipinski definition) is 1. The minimum atomic E-state index is 1.00. The summed E-state index contributed by atoms with van der Waals surface area (Å²) in [6.07, 6.45) is 5.41. The summed E-state index contributed by atoms with van der Waals surface area (Å²) in [7, 11) is 0. The van der Waals surface area contributed by atoms with Crippen LogP contribution in [0, 0.1) is 0 Å². The zero-order chi connectivity index (χ0) is 5.82. The molecule has 0 aromatic carbocycles. The first-order chi connectivity index (χ1) is 3.93. The quantitative estimate of drug-likeness (QED) is 0.566. The van der Waals surface area contributed by atoms with Gasteiger partial charge in [0.25, 0.3) is 0 Å². The van der Waals surface area contributed by atoms with E-state index in [9.17, 15) is 0 Å². The van der Waals surface area contributed by atoms with Crippen LogP contribution in [-0.2, 0) is 0 Å². The number of rotatable bonds is 2.